The van der Waals surface area contributed by atoms with Gasteiger partial charge in [0.05, 0.1) is 11.4 Å². The largest absolute Gasteiger partial charge is 0.494 e. The maximum atomic E-state index is 11.7. The zero-order chi connectivity index (χ0) is 11.4. The van der Waals surface area contributed by atoms with Gasteiger partial charge in [0.1, 0.15) is 5.75 Å². The molecule has 1 unspecified atom stereocenters. The van der Waals surface area contributed by atoms with Crippen LogP contribution in [0.1, 0.15) is 24.2 Å². The minimum Gasteiger partial charge on any atom is -0.494 e. The molecule has 0 aliphatic carbocycles. The zero-order valence-electron chi connectivity index (χ0n) is 8.59. The Morgan fingerprint density at radius 2 is 2.20 bits per heavy atom. The van der Waals surface area contributed by atoms with Gasteiger partial charge in [-0.05, 0) is 48.0 Å². The highest BCUT2D eigenvalue weighted by Crippen LogP contribution is 2.25. The minimum atomic E-state index is -0.174. The van der Waals surface area contributed by atoms with Gasteiger partial charge in [0, 0.05) is 10.0 Å². The van der Waals surface area contributed by atoms with Crippen LogP contribution >= 0.6 is 31.9 Å². The van der Waals surface area contributed by atoms with E-state index in [4.69, 9.17) is 4.74 Å². The Morgan fingerprint density at radius 3 is 2.67 bits per heavy atom. The zero-order valence-corrected chi connectivity index (χ0v) is 11.8. The molecular weight excluding hydrogens is 324 g/mol. The first-order valence-electron chi connectivity index (χ1n) is 4.67. The van der Waals surface area contributed by atoms with Gasteiger partial charge in [0.15, 0.2) is 5.78 Å². The van der Waals surface area contributed by atoms with Crippen LogP contribution in [0.4, 0.5) is 0 Å². The first-order chi connectivity index (χ1) is 7.06. The predicted octanol–water partition coefficient (Wildman–Crippen LogP) is 3.81. The van der Waals surface area contributed by atoms with Crippen molar-refractivity contribution in [2.75, 3.05) is 6.61 Å². The fourth-order valence-corrected chi connectivity index (χ4v) is 1.97. The molecule has 2 nitrogen and oxygen atoms in total. The molecule has 1 aromatic rings. The van der Waals surface area contributed by atoms with E-state index < -0.39 is 0 Å². The van der Waals surface area contributed by atoms with Crippen molar-refractivity contribution < 1.29 is 9.53 Å². The van der Waals surface area contributed by atoms with Gasteiger partial charge in [0.2, 0.25) is 0 Å². The molecule has 0 fully saturated rings. The summed E-state index contributed by atoms with van der Waals surface area (Å²) < 4.78 is 6.10. The van der Waals surface area contributed by atoms with Gasteiger partial charge in [-0.15, -0.1) is 0 Å². The predicted molar refractivity (Wildman–Crippen MR) is 68.0 cm³/mol. The van der Waals surface area contributed by atoms with E-state index in [-0.39, 0.29) is 10.6 Å². The lowest BCUT2D eigenvalue weighted by atomic mass is 10.1. The third kappa shape index (κ3) is 3.31. The van der Waals surface area contributed by atoms with Crippen LogP contribution in [0.3, 0.4) is 0 Å². The summed E-state index contributed by atoms with van der Waals surface area (Å²) in [7, 11) is 0. The summed E-state index contributed by atoms with van der Waals surface area (Å²) in [5, 5.41) is 0. The first kappa shape index (κ1) is 12.7. The Labute approximate surface area is 106 Å². The molecule has 4 heteroatoms. The summed E-state index contributed by atoms with van der Waals surface area (Å²) in [5.41, 5.74) is 0.669. The van der Waals surface area contributed by atoms with Crippen molar-refractivity contribution in [3.63, 3.8) is 0 Å². The lowest BCUT2D eigenvalue weighted by molar-refractivity contribution is 0.0995. The van der Waals surface area contributed by atoms with Gasteiger partial charge in [-0.25, -0.2) is 0 Å². The molecule has 0 aliphatic rings. The highest BCUT2D eigenvalue weighted by Gasteiger charge is 2.15. The third-order valence-electron chi connectivity index (χ3n) is 1.88. The van der Waals surface area contributed by atoms with E-state index in [1.54, 1.807) is 12.1 Å². The summed E-state index contributed by atoms with van der Waals surface area (Å²) in [4.78, 5) is 11.5. The Kier molecular flexibility index (Phi) is 4.80. The summed E-state index contributed by atoms with van der Waals surface area (Å²) in [6, 6.07) is 5.39. The SMILES string of the molecule is CCOc1ccc(C(=O)C(C)Br)c(Br)c1. The van der Waals surface area contributed by atoms with Gasteiger partial charge in [-0.2, -0.15) is 0 Å². The molecule has 0 saturated carbocycles. The molecule has 1 atom stereocenters. The highest BCUT2D eigenvalue weighted by molar-refractivity contribution is 9.10. The second kappa shape index (κ2) is 5.66. The van der Waals surface area contributed by atoms with Crippen molar-refractivity contribution in [2.24, 2.45) is 0 Å². The number of benzene rings is 1. The monoisotopic (exact) mass is 334 g/mol. The van der Waals surface area contributed by atoms with E-state index in [1.807, 2.05) is 19.9 Å². The number of carbonyl (C=O) groups excluding carboxylic acids is 1. The number of hydrogen-bond donors (Lipinski definition) is 0. The van der Waals surface area contributed by atoms with Crippen LogP contribution in [0.2, 0.25) is 0 Å². The Balaban J connectivity index is 2.97. The van der Waals surface area contributed by atoms with E-state index in [0.717, 1.165) is 10.2 Å². The minimum absolute atomic E-state index is 0.0601. The molecular formula is C11H12Br2O2. The summed E-state index contributed by atoms with van der Waals surface area (Å²) in [6.45, 7) is 4.35. The number of Topliss-reactive ketones (excluding diaryl/α,β-unsaturated/α-hetero) is 1. The van der Waals surface area contributed by atoms with Gasteiger partial charge >= 0.3 is 0 Å². The molecule has 0 saturated heterocycles. The lowest BCUT2D eigenvalue weighted by Gasteiger charge is -2.08. The van der Waals surface area contributed by atoms with E-state index in [1.165, 1.54) is 0 Å². The number of ether oxygens (including phenoxy) is 1. The molecule has 15 heavy (non-hydrogen) atoms. The molecule has 0 aliphatic heterocycles. The van der Waals surface area contributed by atoms with Gasteiger partial charge in [-0.1, -0.05) is 15.9 Å². The fourth-order valence-electron chi connectivity index (χ4n) is 1.17. The third-order valence-corrected chi connectivity index (χ3v) is 2.95. The Bertz CT molecular complexity index is 362. The second-order valence-electron chi connectivity index (χ2n) is 3.05. The first-order valence-corrected chi connectivity index (χ1v) is 6.37. The van der Waals surface area contributed by atoms with Crippen LogP contribution in [-0.2, 0) is 0 Å². The second-order valence-corrected chi connectivity index (χ2v) is 5.28. The number of alkyl halides is 1. The molecule has 0 aromatic heterocycles. The average molecular weight is 336 g/mol. The topological polar surface area (TPSA) is 26.3 Å². The van der Waals surface area contributed by atoms with Crippen LogP contribution in [0, 0.1) is 0 Å². The van der Waals surface area contributed by atoms with Crippen LogP contribution in [-0.4, -0.2) is 17.2 Å². The van der Waals surface area contributed by atoms with Gasteiger partial charge < -0.3 is 4.74 Å². The van der Waals surface area contributed by atoms with Crippen LogP contribution in [0.25, 0.3) is 0 Å². The highest BCUT2D eigenvalue weighted by atomic mass is 79.9. The molecule has 0 radical (unpaired) electrons. The van der Waals surface area contributed by atoms with E-state index in [0.29, 0.717) is 12.2 Å². The summed E-state index contributed by atoms with van der Waals surface area (Å²) >= 11 is 6.62. The molecule has 1 rings (SSSR count). The van der Waals surface area contributed by atoms with Crippen molar-refractivity contribution >= 4 is 37.6 Å². The van der Waals surface area contributed by atoms with Gasteiger partial charge in [-0.3, -0.25) is 4.79 Å². The lowest BCUT2D eigenvalue weighted by Crippen LogP contribution is -2.10. The standard InChI is InChI=1S/C11H12Br2O2/c1-3-15-8-4-5-9(10(13)6-8)11(14)7(2)12/h4-7H,3H2,1-2H3. The van der Waals surface area contributed by atoms with Crippen molar-refractivity contribution in [3.05, 3.63) is 28.2 Å². The van der Waals surface area contributed by atoms with Crippen molar-refractivity contribution in [3.8, 4) is 5.75 Å². The smallest absolute Gasteiger partial charge is 0.177 e. The van der Waals surface area contributed by atoms with Crippen molar-refractivity contribution in [2.45, 2.75) is 18.7 Å². The number of halogens is 2. The molecule has 0 heterocycles. The maximum Gasteiger partial charge on any atom is 0.177 e. The molecule has 0 bridgehead atoms. The Hall–Kier alpha value is -0.350. The number of hydrogen-bond acceptors (Lipinski definition) is 2. The van der Waals surface area contributed by atoms with E-state index in [2.05, 4.69) is 31.9 Å². The van der Waals surface area contributed by atoms with Crippen LogP contribution in [0.15, 0.2) is 22.7 Å². The number of carbonyl (C=O) groups is 1. The fraction of sp³-hybridized carbons (Fsp3) is 0.364. The van der Waals surface area contributed by atoms with Crippen LogP contribution < -0.4 is 4.74 Å². The molecule has 0 spiro atoms. The average Bonchev–Trinajstić information content (AvgIpc) is 2.17. The number of ketones is 1. The van der Waals surface area contributed by atoms with Crippen molar-refractivity contribution in [1.29, 1.82) is 0 Å². The summed E-state index contributed by atoms with van der Waals surface area (Å²) in [5.74, 6) is 0.827. The Morgan fingerprint density at radius 1 is 1.53 bits per heavy atom. The molecule has 82 valence electrons. The van der Waals surface area contributed by atoms with Gasteiger partial charge in [0.25, 0.3) is 0 Å². The van der Waals surface area contributed by atoms with Crippen molar-refractivity contribution in [1.82, 2.24) is 0 Å². The normalized spacial score (nSPS) is 12.3. The molecule has 0 N–H and O–H groups in total. The molecule has 1 aromatic carbocycles. The quantitative estimate of drug-likeness (QED) is 0.617. The van der Waals surface area contributed by atoms with Crippen LogP contribution in [0.5, 0.6) is 5.75 Å². The maximum absolute atomic E-state index is 11.7. The van der Waals surface area contributed by atoms with E-state index in [9.17, 15) is 4.79 Å². The number of rotatable bonds is 4. The van der Waals surface area contributed by atoms with E-state index >= 15 is 0 Å². The molecule has 0 amide bonds. The summed E-state index contributed by atoms with van der Waals surface area (Å²) in [6.07, 6.45) is 0.